The molecule has 0 saturated carbocycles. The van der Waals surface area contributed by atoms with Gasteiger partial charge in [0.1, 0.15) is 17.3 Å². The minimum absolute atomic E-state index is 0.139. The first-order valence-corrected chi connectivity index (χ1v) is 9.58. The van der Waals surface area contributed by atoms with Crippen LogP contribution in [0.3, 0.4) is 0 Å². The Balaban J connectivity index is 2.21. The van der Waals surface area contributed by atoms with Gasteiger partial charge in [0.25, 0.3) is 5.56 Å². The second-order valence-electron chi connectivity index (χ2n) is 6.50. The first-order chi connectivity index (χ1) is 13.7. The van der Waals surface area contributed by atoms with Crippen LogP contribution in [-0.4, -0.2) is 34.3 Å². The van der Waals surface area contributed by atoms with Crippen molar-refractivity contribution in [1.29, 1.82) is 5.26 Å². The van der Waals surface area contributed by atoms with Gasteiger partial charge in [0, 0.05) is 17.7 Å². The van der Waals surface area contributed by atoms with E-state index in [2.05, 4.69) is 24.8 Å². The van der Waals surface area contributed by atoms with Crippen LogP contribution in [0.15, 0.2) is 65.5 Å². The van der Waals surface area contributed by atoms with Crippen molar-refractivity contribution in [1.82, 2.24) is 14.7 Å². The normalized spacial score (nSPS) is 10.8. The molecule has 0 fully saturated rings. The summed E-state index contributed by atoms with van der Waals surface area (Å²) < 4.78 is 1.44. The molecule has 2 aromatic carbocycles. The fourth-order valence-corrected chi connectivity index (χ4v) is 3.29. The average Bonchev–Trinajstić information content (AvgIpc) is 2.76. The van der Waals surface area contributed by atoms with Gasteiger partial charge >= 0.3 is 0 Å². The summed E-state index contributed by atoms with van der Waals surface area (Å²) in [5.41, 5.74) is 2.75. The zero-order valence-corrected chi connectivity index (χ0v) is 16.3. The molecule has 0 aliphatic carbocycles. The molecule has 0 aliphatic heterocycles. The van der Waals surface area contributed by atoms with Crippen molar-refractivity contribution in [2.24, 2.45) is 0 Å². The highest BCUT2D eigenvalue weighted by Crippen LogP contribution is 2.31. The van der Waals surface area contributed by atoms with E-state index >= 15 is 0 Å². The Kier molecular flexibility index (Phi) is 6.36. The van der Waals surface area contributed by atoms with Gasteiger partial charge in [-0.2, -0.15) is 10.4 Å². The van der Waals surface area contributed by atoms with Gasteiger partial charge in [0.15, 0.2) is 0 Å². The van der Waals surface area contributed by atoms with Crippen molar-refractivity contribution in [2.75, 3.05) is 19.6 Å². The van der Waals surface area contributed by atoms with E-state index in [-0.39, 0.29) is 11.1 Å². The van der Waals surface area contributed by atoms with Crippen LogP contribution in [0.1, 0.15) is 19.4 Å². The quantitative estimate of drug-likeness (QED) is 0.633. The minimum Gasteiger partial charge on any atom is -0.302 e. The topological polar surface area (TPSA) is 61.9 Å². The third-order valence-corrected chi connectivity index (χ3v) is 4.90. The van der Waals surface area contributed by atoms with Crippen molar-refractivity contribution >= 4 is 0 Å². The fraction of sp³-hybridized carbons (Fsp3) is 0.261. The molecule has 5 heteroatoms. The number of likely N-dealkylation sites (N-methyl/N-ethyl adjacent to an activating group) is 1. The van der Waals surface area contributed by atoms with Crippen molar-refractivity contribution in [3.63, 3.8) is 0 Å². The molecule has 0 aliphatic rings. The number of hydrogen-bond acceptors (Lipinski definition) is 4. The summed E-state index contributed by atoms with van der Waals surface area (Å²) in [6.45, 7) is 7.16. The van der Waals surface area contributed by atoms with Gasteiger partial charge in [-0.1, -0.05) is 74.5 Å². The van der Waals surface area contributed by atoms with Crippen molar-refractivity contribution in [3.05, 3.63) is 76.6 Å². The monoisotopic (exact) mass is 372 g/mol. The number of rotatable bonds is 7. The molecule has 3 aromatic rings. The summed E-state index contributed by atoms with van der Waals surface area (Å²) in [7, 11) is 0. The SMILES string of the molecule is CCN(CC)CCn1nc(-c2ccccc2)c(-c2ccccc2)c(C#N)c1=O. The van der Waals surface area contributed by atoms with E-state index in [0.717, 1.165) is 24.2 Å². The predicted octanol–water partition coefficient (Wildman–Crippen LogP) is 3.79. The summed E-state index contributed by atoms with van der Waals surface area (Å²) in [5.74, 6) is 0. The average molecular weight is 372 g/mol. The van der Waals surface area contributed by atoms with E-state index < -0.39 is 0 Å². The van der Waals surface area contributed by atoms with Crippen LogP contribution in [0.4, 0.5) is 0 Å². The van der Waals surface area contributed by atoms with Gasteiger partial charge < -0.3 is 4.90 Å². The highest BCUT2D eigenvalue weighted by molar-refractivity contribution is 5.84. The van der Waals surface area contributed by atoms with Gasteiger partial charge in [-0.05, 0) is 18.7 Å². The van der Waals surface area contributed by atoms with Gasteiger partial charge in [0.05, 0.1) is 6.54 Å². The molecule has 0 saturated heterocycles. The lowest BCUT2D eigenvalue weighted by Crippen LogP contribution is -2.33. The van der Waals surface area contributed by atoms with Crippen molar-refractivity contribution in [3.8, 4) is 28.5 Å². The molecule has 3 rings (SSSR count). The van der Waals surface area contributed by atoms with Crippen LogP contribution in [0.25, 0.3) is 22.4 Å². The third kappa shape index (κ3) is 4.03. The van der Waals surface area contributed by atoms with E-state index in [1.54, 1.807) is 0 Å². The van der Waals surface area contributed by atoms with Crippen LogP contribution in [0.2, 0.25) is 0 Å². The number of benzene rings is 2. The summed E-state index contributed by atoms with van der Waals surface area (Å²) in [6, 6.07) is 21.4. The van der Waals surface area contributed by atoms with E-state index in [0.29, 0.717) is 24.3 Å². The zero-order valence-electron chi connectivity index (χ0n) is 16.3. The second kappa shape index (κ2) is 9.12. The molecule has 1 heterocycles. The number of aromatic nitrogens is 2. The van der Waals surface area contributed by atoms with Crippen molar-refractivity contribution in [2.45, 2.75) is 20.4 Å². The van der Waals surface area contributed by atoms with E-state index in [1.165, 1.54) is 4.68 Å². The number of hydrogen-bond donors (Lipinski definition) is 0. The highest BCUT2D eigenvalue weighted by Gasteiger charge is 2.20. The fourth-order valence-electron chi connectivity index (χ4n) is 3.29. The first-order valence-electron chi connectivity index (χ1n) is 9.58. The van der Waals surface area contributed by atoms with E-state index in [4.69, 9.17) is 5.10 Å². The Bertz CT molecular complexity index is 1020. The smallest absolute Gasteiger partial charge is 0.285 e. The number of nitriles is 1. The summed E-state index contributed by atoms with van der Waals surface area (Å²) in [5, 5.41) is 14.5. The Labute approximate surface area is 165 Å². The molecule has 5 nitrogen and oxygen atoms in total. The van der Waals surface area contributed by atoms with Crippen LogP contribution in [-0.2, 0) is 6.54 Å². The van der Waals surface area contributed by atoms with Gasteiger partial charge in [-0.3, -0.25) is 4.79 Å². The van der Waals surface area contributed by atoms with E-state index in [9.17, 15) is 10.1 Å². The van der Waals surface area contributed by atoms with E-state index in [1.807, 2.05) is 60.7 Å². The molecule has 0 amide bonds. The Morgan fingerprint density at radius 2 is 1.54 bits per heavy atom. The van der Waals surface area contributed by atoms with Crippen LogP contribution >= 0.6 is 0 Å². The highest BCUT2D eigenvalue weighted by atomic mass is 16.1. The van der Waals surface area contributed by atoms with Gasteiger partial charge in [-0.25, -0.2) is 4.68 Å². The summed E-state index contributed by atoms with van der Waals surface area (Å²) in [6.07, 6.45) is 0. The lowest BCUT2D eigenvalue weighted by atomic mass is 9.96. The van der Waals surface area contributed by atoms with Crippen LogP contribution in [0, 0.1) is 11.3 Å². The Morgan fingerprint density at radius 1 is 0.964 bits per heavy atom. The lowest BCUT2D eigenvalue weighted by Gasteiger charge is -2.19. The number of nitrogens with zero attached hydrogens (tertiary/aromatic N) is 4. The molecular weight excluding hydrogens is 348 g/mol. The third-order valence-electron chi connectivity index (χ3n) is 4.90. The maximum Gasteiger partial charge on any atom is 0.285 e. The molecular formula is C23H24N4O. The second-order valence-corrected chi connectivity index (χ2v) is 6.50. The largest absolute Gasteiger partial charge is 0.302 e. The lowest BCUT2D eigenvalue weighted by molar-refractivity contribution is 0.283. The first kappa shape index (κ1) is 19.5. The molecule has 0 N–H and O–H groups in total. The Hall–Kier alpha value is -3.23. The maximum absolute atomic E-state index is 13.0. The Morgan fingerprint density at radius 3 is 2.07 bits per heavy atom. The zero-order chi connectivity index (χ0) is 19.9. The standard InChI is InChI=1S/C23H24N4O/c1-3-26(4-2)15-16-27-23(28)20(17-24)21(18-11-7-5-8-12-18)22(25-27)19-13-9-6-10-14-19/h5-14H,3-4,15-16H2,1-2H3. The molecule has 28 heavy (non-hydrogen) atoms. The molecule has 142 valence electrons. The molecule has 0 unspecified atom stereocenters. The minimum atomic E-state index is -0.340. The van der Waals surface area contributed by atoms with Crippen LogP contribution < -0.4 is 5.56 Å². The van der Waals surface area contributed by atoms with Crippen LogP contribution in [0.5, 0.6) is 0 Å². The molecule has 1 aromatic heterocycles. The summed E-state index contributed by atoms with van der Waals surface area (Å²) in [4.78, 5) is 15.3. The predicted molar refractivity (Wildman–Crippen MR) is 112 cm³/mol. The summed E-state index contributed by atoms with van der Waals surface area (Å²) >= 11 is 0. The molecule has 0 spiro atoms. The van der Waals surface area contributed by atoms with Gasteiger partial charge in [0.2, 0.25) is 0 Å². The van der Waals surface area contributed by atoms with Crippen molar-refractivity contribution < 1.29 is 0 Å². The van der Waals surface area contributed by atoms with Gasteiger partial charge in [-0.15, -0.1) is 0 Å². The molecule has 0 radical (unpaired) electrons. The maximum atomic E-state index is 13.0. The molecule has 0 atom stereocenters. The molecule has 0 bridgehead atoms.